The molecule has 140 valence electrons. The summed E-state index contributed by atoms with van der Waals surface area (Å²) in [5.74, 6) is 4.41. The molecule has 0 saturated heterocycles. The molecule has 1 aliphatic heterocycles. The Labute approximate surface area is 155 Å². The van der Waals surface area contributed by atoms with E-state index in [1.54, 1.807) is 32.9 Å². The van der Waals surface area contributed by atoms with E-state index in [-0.39, 0.29) is 13.0 Å². The van der Waals surface area contributed by atoms with Gasteiger partial charge in [-0.3, -0.25) is 9.00 Å². The van der Waals surface area contributed by atoms with Crippen molar-refractivity contribution in [2.45, 2.75) is 44.5 Å². The Morgan fingerprint density at radius 2 is 2.27 bits per heavy atom. The van der Waals surface area contributed by atoms with E-state index in [9.17, 15) is 13.4 Å². The van der Waals surface area contributed by atoms with E-state index >= 15 is 0 Å². The molecule has 0 N–H and O–H groups in total. The van der Waals surface area contributed by atoms with Gasteiger partial charge in [-0.25, -0.2) is 4.39 Å². The standard InChI is InChI=1S/C19H22FNO4S/c1-5-7-13-8-9-14(10-16(13)20)17-11-15(25-21-17)12-19(3,26(4)23)18(22)24-6-2/h8-10,15H,6,11-12H2,1-4H3. The number of oxime groups is 1. The van der Waals surface area contributed by atoms with Crippen LogP contribution in [0.1, 0.15) is 44.7 Å². The number of rotatable bonds is 6. The lowest BCUT2D eigenvalue weighted by molar-refractivity contribution is -0.146. The minimum atomic E-state index is -1.44. The largest absolute Gasteiger partial charge is 0.465 e. The van der Waals surface area contributed by atoms with Gasteiger partial charge in [0.25, 0.3) is 0 Å². The first-order chi connectivity index (χ1) is 12.3. The Balaban J connectivity index is 2.11. The minimum Gasteiger partial charge on any atom is -0.465 e. The molecule has 1 aliphatic rings. The van der Waals surface area contributed by atoms with Crippen LogP contribution >= 0.6 is 0 Å². The molecule has 0 bridgehead atoms. The second-order valence-electron chi connectivity index (χ2n) is 6.15. The predicted octanol–water partition coefficient (Wildman–Crippen LogP) is 2.78. The van der Waals surface area contributed by atoms with Crippen molar-refractivity contribution >= 4 is 22.5 Å². The smallest absolute Gasteiger partial charge is 0.324 e. The fourth-order valence-electron chi connectivity index (χ4n) is 2.68. The third-order valence-corrected chi connectivity index (χ3v) is 5.86. The van der Waals surface area contributed by atoms with E-state index in [1.165, 1.54) is 12.3 Å². The van der Waals surface area contributed by atoms with E-state index < -0.39 is 33.4 Å². The third-order valence-electron chi connectivity index (χ3n) is 4.25. The summed E-state index contributed by atoms with van der Waals surface area (Å²) in [6.45, 7) is 5.15. The van der Waals surface area contributed by atoms with Crippen LogP contribution in [0.2, 0.25) is 0 Å². The normalized spacial score (nSPS) is 19.4. The average Bonchev–Trinajstić information content (AvgIpc) is 3.05. The maximum Gasteiger partial charge on any atom is 0.324 e. The van der Waals surface area contributed by atoms with Crippen LogP contribution in [0.15, 0.2) is 23.4 Å². The van der Waals surface area contributed by atoms with Crippen molar-refractivity contribution < 1.29 is 23.0 Å². The molecule has 3 unspecified atom stereocenters. The zero-order valence-electron chi connectivity index (χ0n) is 15.3. The molecule has 3 atom stereocenters. The van der Waals surface area contributed by atoms with Crippen LogP contribution in [-0.4, -0.2) is 39.6 Å². The Morgan fingerprint density at radius 1 is 1.54 bits per heavy atom. The summed E-state index contributed by atoms with van der Waals surface area (Å²) in [6.07, 6.45) is 1.63. The quantitative estimate of drug-likeness (QED) is 0.563. The highest BCUT2D eigenvalue weighted by Crippen LogP contribution is 2.29. The minimum absolute atomic E-state index is 0.198. The first-order valence-corrected chi connectivity index (χ1v) is 9.83. The second kappa shape index (κ2) is 8.45. The number of carbonyl (C=O) groups excluding carboxylic acids is 1. The van der Waals surface area contributed by atoms with Gasteiger partial charge in [0.1, 0.15) is 16.7 Å². The molecule has 1 heterocycles. The number of nitrogens with zero attached hydrogens (tertiary/aromatic N) is 1. The molecule has 7 heteroatoms. The van der Waals surface area contributed by atoms with Crippen LogP contribution in [-0.2, 0) is 25.2 Å². The first kappa shape index (κ1) is 20.1. The molecule has 0 amide bonds. The predicted molar refractivity (Wildman–Crippen MR) is 98.7 cm³/mol. The van der Waals surface area contributed by atoms with Crippen molar-refractivity contribution in [2.24, 2.45) is 5.16 Å². The average molecular weight is 379 g/mol. The molecular formula is C19H22FNO4S. The van der Waals surface area contributed by atoms with Crippen LogP contribution in [0.4, 0.5) is 4.39 Å². The Hall–Kier alpha value is -2.20. The zero-order chi connectivity index (χ0) is 19.3. The van der Waals surface area contributed by atoms with Crippen molar-refractivity contribution in [3.63, 3.8) is 0 Å². The van der Waals surface area contributed by atoms with Gasteiger partial charge < -0.3 is 9.57 Å². The van der Waals surface area contributed by atoms with E-state index in [2.05, 4.69) is 17.0 Å². The van der Waals surface area contributed by atoms with Crippen molar-refractivity contribution in [2.75, 3.05) is 12.9 Å². The highest BCUT2D eigenvalue weighted by molar-refractivity contribution is 7.86. The number of ether oxygens (including phenoxy) is 1. The third kappa shape index (κ3) is 4.31. The number of hydrogen-bond acceptors (Lipinski definition) is 5. The van der Waals surface area contributed by atoms with E-state index in [4.69, 9.17) is 9.57 Å². The molecule has 1 aromatic carbocycles. The molecule has 0 spiro atoms. The van der Waals surface area contributed by atoms with Gasteiger partial charge in [0.2, 0.25) is 0 Å². The molecule has 5 nitrogen and oxygen atoms in total. The van der Waals surface area contributed by atoms with Gasteiger partial charge in [-0.15, -0.1) is 5.92 Å². The number of halogens is 1. The molecule has 2 rings (SSSR count). The number of carbonyl (C=O) groups is 1. The summed E-state index contributed by atoms with van der Waals surface area (Å²) < 4.78 is 30.0. The van der Waals surface area contributed by atoms with E-state index in [0.29, 0.717) is 23.3 Å². The maximum atomic E-state index is 14.1. The van der Waals surface area contributed by atoms with Crippen molar-refractivity contribution in [3.05, 3.63) is 35.1 Å². The molecule has 1 aromatic rings. The van der Waals surface area contributed by atoms with Crippen LogP contribution in [0.25, 0.3) is 0 Å². The summed E-state index contributed by atoms with van der Waals surface area (Å²) >= 11 is 0. The fraction of sp³-hybridized carbons (Fsp3) is 0.474. The van der Waals surface area contributed by atoms with Crippen molar-refractivity contribution in [1.82, 2.24) is 0 Å². The van der Waals surface area contributed by atoms with Gasteiger partial charge >= 0.3 is 5.97 Å². The Kier molecular flexibility index (Phi) is 6.54. The van der Waals surface area contributed by atoms with Gasteiger partial charge in [-0.2, -0.15) is 0 Å². The Morgan fingerprint density at radius 3 is 2.85 bits per heavy atom. The molecule has 0 saturated carbocycles. The van der Waals surface area contributed by atoms with Crippen LogP contribution < -0.4 is 0 Å². The summed E-state index contributed by atoms with van der Waals surface area (Å²) in [7, 11) is -1.44. The highest BCUT2D eigenvalue weighted by atomic mass is 32.2. The van der Waals surface area contributed by atoms with Gasteiger partial charge in [-0.05, 0) is 32.9 Å². The topological polar surface area (TPSA) is 65.0 Å². The van der Waals surface area contributed by atoms with Crippen LogP contribution in [0, 0.1) is 17.7 Å². The first-order valence-electron chi connectivity index (χ1n) is 8.28. The number of hydrogen-bond donors (Lipinski definition) is 0. The Bertz CT molecular complexity index is 811. The summed E-state index contributed by atoms with van der Waals surface area (Å²) in [5, 5.41) is 4.02. The molecule has 26 heavy (non-hydrogen) atoms. The summed E-state index contributed by atoms with van der Waals surface area (Å²) in [4.78, 5) is 17.6. The van der Waals surface area contributed by atoms with Crippen LogP contribution in [0.3, 0.4) is 0 Å². The van der Waals surface area contributed by atoms with E-state index in [0.717, 1.165) is 0 Å². The van der Waals surface area contributed by atoms with Crippen molar-refractivity contribution in [1.29, 1.82) is 0 Å². The number of esters is 1. The maximum absolute atomic E-state index is 14.1. The van der Waals surface area contributed by atoms with Crippen molar-refractivity contribution in [3.8, 4) is 11.8 Å². The zero-order valence-corrected chi connectivity index (χ0v) is 16.1. The highest BCUT2D eigenvalue weighted by Gasteiger charge is 2.43. The molecule has 0 fully saturated rings. The molecule has 0 aliphatic carbocycles. The monoisotopic (exact) mass is 379 g/mol. The van der Waals surface area contributed by atoms with Gasteiger partial charge in [-0.1, -0.05) is 17.1 Å². The summed E-state index contributed by atoms with van der Waals surface area (Å²) in [6, 6.07) is 4.70. The SMILES string of the molecule is CC#Cc1ccc(C2=NOC(CC(C)(C(=O)OCC)S(C)=O)C2)cc1F. The molecule has 0 radical (unpaired) electrons. The van der Waals surface area contributed by atoms with Gasteiger partial charge in [0.15, 0.2) is 0 Å². The lowest BCUT2D eigenvalue weighted by Crippen LogP contribution is -2.44. The van der Waals surface area contributed by atoms with Gasteiger partial charge in [0.05, 0.1) is 17.9 Å². The van der Waals surface area contributed by atoms with Crippen LogP contribution in [0.5, 0.6) is 0 Å². The fourth-order valence-corrected chi connectivity index (χ4v) is 3.39. The molecular weight excluding hydrogens is 357 g/mol. The van der Waals surface area contributed by atoms with E-state index in [1.807, 2.05) is 0 Å². The summed E-state index contributed by atoms with van der Waals surface area (Å²) in [5.41, 5.74) is 1.50. The number of benzene rings is 1. The second-order valence-corrected chi connectivity index (χ2v) is 7.96. The van der Waals surface area contributed by atoms with Gasteiger partial charge in [0, 0.05) is 35.5 Å². The lowest BCUT2D eigenvalue weighted by atomic mass is 9.96. The lowest BCUT2D eigenvalue weighted by Gasteiger charge is -2.26. The molecule has 0 aromatic heterocycles.